The minimum Gasteiger partial charge on any atom is -0.497 e. The number of fused-ring (bicyclic) bond motifs is 3. The molecule has 1 aromatic carbocycles. The van der Waals surface area contributed by atoms with Crippen molar-refractivity contribution in [2.24, 2.45) is 0 Å². The molecule has 8 heteroatoms. The average Bonchev–Trinajstić information content (AvgIpc) is 3.28. The number of hydrogen-bond donors (Lipinski definition) is 2. The van der Waals surface area contributed by atoms with Crippen LogP contribution < -0.4 is 4.74 Å². The Labute approximate surface area is 187 Å². The number of hydrogen-bond acceptors (Lipinski definition) is 6. The number of thiophene rings is 1. The van der Waals surface area contributed by atoms with Crippen LogP contribution >= 0.6 is 22.9 Å². The number of carbonyl (C=O) groups is 1. The SMILES string of the molecule is COc1ccc(-c2c(Cl)c(Cn3c(O)ccc3O)nc3sc4c(c23)CCC(=O)C4)cc1. The van der Waals surface area contributed by atoms with Crippen LogP contribution in [0.3, 0.4) is 0 Å². The molecule has 31 heavy (non-hydrogen) atoms. The standard InChI is InChI=1S/C23H19ClN2O4S/c1-30-14-5-2-12(3-6-14)20-21-15-7-4-13(27)10-17(15)31-23(21)25-16(22(20)24)11-26-18(28)8-9-19(26)29/h2-3,5-6,8-9,28-29H,4,7,10-11H2,1H3. The molecule has 0 unspecified atom stereocenters. The van der Waals surface area contributed by atoms with E-state index in [-0.39, 0.29) is 24.1 Å². The second-order valence-electron chi connectivity index (χ2n) is 7.51. The molecule has 5 rings (SSSR count). The minimum absolute atomic E-state index is 0.0717. The van der Waals surface area contributed by atoms with Gasteiger partial charge in [0.15, 0.2) is 11.8 Å². The molecule has 0 bridgehead atoms. The van der Waals surface area contributed by atoms with E-state index in [4.69, 9.17) is 21.3 Å². The third-order valence-corrected chi connectivity index (χ3v) is 7.20. The first-order valence-corrected chi connectivity index (χ1v) is 11.0. The zero-order chi connectivity index (χ0) is 21.7. The van der Waals surface area contributed by atoms with E-state index in [2.05, 4.69) is 0 Å². The van der Waals surface area contributed by atoms with Crippen LogP contribution in [0.15, 0.2) is 36.4 Å². The second kappa shape index (κ2) is 7.59. The predicted molar refractivity (Wildman–Crippen MR) is 121 cm³/mol. The van der Waals surface area contributed by atoms with Crippen LogP contribution in [0, 0.1) is 0 Å². The molecule has 0 saturated carbocycles. The highest BCUT2D eigenvalue weighted by Crippen LogP contribution is 2.45. The summed E-state index contributed by atoms with van der Waals surface area (Å²) in [6.07, 6.45) is 1.61. The highest BCUT2D eigenvalue weighted by molar-refractivity contribution is 7.19. The molecular weight excluding hydrogens is 436 g/mol. The highest BCUT2D eigenvalue weighted by Gasteiger charge is 2.26. The number of pyridine rings is 1. The van der Waals surface area contributed by atoms with Crippen LogP contribution in [-0.4, -0.2) is 32.7 Å². The van der Waals surface area contributed by atoms with Gasteiger partial charge in [-0.15, -0.1) is 11.3 Å². The normalized spacial score (nSPS) is 13.5. The van der Waals surface area contributed by atoms with Gasteiger partial charge in [0, 0.05) is 40.8 Å². The number of aromatic hydroxyl groups is 2. The van der Waals surface area contributed by atoms with Crippen molar-refractivity contribution < 1.29 is 19.7 Å². The van der Waals surface area contributed by atoms with Gasteiger partial charge in [-0.05, 0) is 29.7 Å². The summed E-state index contributed by atoms with van der Waals surface area (Å²) in [5, 5.41) is 21.6. The van der Waals surface area contributed by atoms with Crippen LogP contribution in [0.4, 0.5) is 0 Å². The molecular formula is C23H19ClN2O4S. The number of ketones is 1. The largest absolute Gasteiger partial charge is 0.497 e. The first-order chi connectivity index (χ1) is 15.0. The second-order valence-corrected chi connectivity index (χ2v) is 8.97. The summed E-state index contributed by atoms with van der Waals surface area (Å²) in [7, 11) is 1.62. The number of Topliss-reactive ketones (excluding diaryl/α,β-unsaturated/α-hetero) is 1. The zero-order valence-electron chi connectivity index (χ0n) is 16.7. The Kier molecular flexibility index (Phi) is 4.87. The highest BCUT2D eigenvalue weighted by atomic mass is 35.5. The smallest absolute Gasteiger partial charge is 0.194 e. The van der Waals surface area contributed by atoms with Crippen molar-refractivity contribution in [3.8, 4) is 28.6 Å². The maximum atomic E-state index is 12.0. The summed E-state index contributed by atoms with van der Waals surface area (Å²) >= 11 is 8.43. The van der Waals surface area contributed by atoms with Gasteiger partial charge in [0.2, 0.25) is 0 Å². The van der Waals surface area contributed by atoms with E-state index < -0.39 is 0 Å². The fraction of sp³-hybridized carbons (Fsp3) is 0.217. The molecule has 0 atom stereocenters. The molecule has 3 aromatic heterocycles. The Morgan fingerprint density at radius 3 is 2.52 bits per heavy atom. The van der Waals surface area contributed by atoms with Gasteiger partial charge in [0.05, 0.1) is 24.4 Å². The minimum atomic E-state index is -0.0717. The predicted octanol–water partition coefficient (Wildman–Crippen LogP) is 4.94. The van der Waals surface area contributed by atoms with E-state index in [1.807, 2.05) is 24.3 Å². The third kappa shape index (κ3) is 3.34. The molecule has 0 fully saturated rings. The lowest BCUT2D eigenvalue weighted by atomic mass is 9.92. The Bertz CT molecular complexity index is 1300. The van der Waals surface area contributed by atoms with Crippen LogP contribution in [0.5, 0.6) is 17.5 Å². The van der Waals surface area contributed by atoms with Crippen molar-refractivity contribution in [2.75, 3.05) is 7.11 Å². The molecule has 1 aliphatic rings. The van der Waals surface area contributed by atoms with Crippen LogP contribution in [0.1, 0.15) is 22.6 Å². The molecule has 0 radical (unpaired) electrons. The Morgan fingerprint density at radius 2 is 1.84 bits per heavy atom. The molecule has 0 saturated heterocycles. The van der Waals surface area contributed by atoms with Crippen LogP contribution in [0.2, 0.25) is 5.02 Å². The van der Waals surface area contributed by atoms with E-state index in [1.165, 1.54) is 28.0 Å². The number of carbonyl (C=O) groups excluding carboxylic acids is 1. The summed E-state index contributed by atoms with van der Waals surface area (Å²) in [6.45, 7) is 0.115. The van der Waals surface area contributed by atoms with Gasteiger partial charge >= 0.3 is 0 Å². The average molecular weight is 455 g/mol. The Hall–Kier alpha value is -3.03. The fourth-order valence-electron chi connectivity index (χ4n) is 4.09. The first-order valence-electron chi connectivity index (χ1n) is 9.82. The van der Waals surface area contributed by atoms with Crippen molar-refractivity contribution in [1.82, 2.24) is 9.55 Å². The fourth-order valence-corrected chi connectivity index (χ4v) is 5.67. The lowest BCUT2D eigenvalue weighted by Gasteiger charge is -2.16. The molecule has 158 valence electrons. The van der Waals surface area contributed by atoms with Crippen molar-refractivity contribution in [3.63, 3.8) is 0 Å². The summed E-state index contributed by atoms with van der Waals surface area (Å²) in [5.74, 6) is 0.833. The van der Waals surface area contributed by atoms with Gasteiger partial charge in [-0.1, -0.05) is 23.7 Å². The van der Waals surface area contributed by atoms with E-state index in [9.17, 15) is 15.0 Å². The Balaban J connectivity index is 1.76. The van der Waals surface area contributed by atoms with Gasteiger partial charge in [-0.3, -0.25) is 9.36 Å². The van der Waals surface area contributed by atoms with Gasteiger partial charge < -0.3 is 14.9 Å². The van der Waals surface area contributed by atoms with Crippen molar-refractivity contribution in [2.45, 2.75) is 25.8 Å². The number of aryl methyl sites for hydroxylation is 1. The summed E-state index contributed by atoms with van der Waals surface area (Å²) in [4.78, 5) is 18.7. The maximum absolute atomic E-state index is 12.0. The number of methoxy groups -OCH3 is 1. The van der Waals surface area contributed by atoms with Gasteiger partial charge in [0.25, 0.3) is 0 Å². The van der Waals surface area contributed by atoms with Crippen molar-refractivity contribution in [3.05, 3.63) is 57.6 Å². The lowest BCUT2D eigenvalue weighted by molar-refractivity contribution is -0.118. The number of nitrogens with zero attached hydrogens (tertiary/aromatic N) is 2. The van der Waals surface area contributed by atoms with E-state index in [0.717, 1.165) is 37.5 Å². The zero-order valence-corrected chi connectivity index (χ0v) is 18.3. The maximum Gasteiger partial charge on any atom is 0.194 e. The number of halogens is 1. The van der Waals surface area contributed by atoms with Crippen LogP contribution in [-0.2, 0) is 24.2 Å². The summed E-state index contributed by atoms with van der Waals surface area (Å²) in [6, 6.07) is 10.5. The van der Waals surface area contributed by atoms with Crippen LogP contribution in [0.25, 0.3) is 21.3 Å². The molecule has 4 aromatic rings. The first kappa shape index (κ1) is 19.9. The molecule has 3 heterocycles. The van der Waals surface area contributed by atoms with Crippen molar-refractivity contribution >= 4 is 38.9 Å². The molecule has 0 amide bonds. The van der Waals surface area contributed by atoms with E-state index in [0.29, 0.717) is 30.0 Å². The molecule has 6 nitrogen and oxygen atoms in total. The molecule has 2 N–H and O–H groups in total. The Morgan fingerprint density at radius 1 is 1.13 bits per heavy atom. The molecule has 0 spiro atoms. The number of rotatable bonds is 4. The number of benzene rings is 1. The van der Waals surface area contributed by atoms with Gasteiger partial charge in [-0.2, -0.15) is 0 Å². The van der Waals surface area contributed by atoms with Gasteiger partial charge in [-0.25, -0.2) is 4.98 Å². The van der Waals surface area contributed by atoms with Crippen molar-refractivity contribution in [1.29, 1.82) is 0 Å². The monoisotopic (exact) mass is 454 g/mol. The van der Waals surface area contributed by atoms with Gasteiger partial charge in [0.1, 0.15) is 16.4 Å². The van der Waals surface area contributed by atoms with E-state index >= 15 is 0 Å². The topological polar surface area (TPSA) is 84.6 Å². The number of ether oxygens (including phenoxy) is 1. The molecule has 0 aliphatic heterocycles. The molecule has 1 aliphatic carbocycles. The number of aromatic nitrogens is 2. The quantitative estimate of drug-likeness (QED) is 0.456. The lowest BCUT2D eigenvalue weighted by Crippen LogP contribution is -2.11. The summed E-state index contributed by atoms with van der Waals surface area (Å²) < 4.78 is 6.63. The third-order valence-electron chi connectivity index (χ3n) is 5.66. The summed E-state index contributed by atoms with van der Waals surface area (Å²) in [5.41, 5.74) is 3.44. The van der Waals surface area contributed by atoms with E-state index in [1.54, 1.807) is 7.11 Å².